The van der Waals surface area contributed by atoms with E-state index in [-0.39, 0.29) is 5.91 Å². The van der Waals surface area contributed by atoms with Crippen molar-refractivity contribution < 1.29 is 14.3 Å². The molecule has 5 heteroatoms. The summed E-state index contributed by atoms with van der Waals surface area (Å²) in [5, 5.41) is 3.02. The third-order valence-corrected chi connectivity index (χ3v) is 3.00. The molecule has 1 amide bonds. The molecule has 5 nitrogen and oxygen atoms in total. The second kappa shape index (κ2) is 6.99. The minimum absolute atomic E-state index is 0.0197. The molecule has 106 valence electrons. The van der Waals surface area contributed by atoms with Crippen molar-refractivity contribution in [3.8, 4) is 11.5 Å². The SMILES string of the molecule is CNCCN(C)C(=O)c1cc(OC)c(OC)cc1C. The van der Waals surface area contributed by atoms with Crippen LogP contribution in [0.5, 0.6) is 11.5 Å². The lowest BCUT2D eigenvalue weighted by atomic mass is 10.1. The van der Waals surface area contributed by atoms with Crippen molar-refractivity contribution in [2.45, 2.75) is 6.92 Å². The molecule has 0 spiro atoms. The number of aryl methyl sites for hydroxylation is 1. The van der Waals surface area contributed by atoms with Crippen LogP contribution in [0.25, 0.3) is 0 Å². The Morgan fingerprint density at radius 3 is 2.37 bits per heavy atom. The number of carbonyl (C=O) groups is 1. The number of carbonyl (C=O) groups excluding carboxylic acids is 1. The molecule has 0 radical (unpaired) electrons. The van der Waals surface area contributed by atoms with Crippen LogP contribution in [0.3, 0.4) is 0 Å². The first-order chi connectivity index (χ1) is 9.04. The van der Waals surface area contributed by atoms with Crippen LogP contribution in [0.15, 0.2) is 12.1 Å². The van der Waals surface area contributed by atoms with Crippen LogP contribution < -0.4 is 14.8 Å². The maximum atomic E-state index is 12.3. The molecule has 0 fully saturated rings. The van der Waals surface area contributed by atoms with Crippen LogP contribution in [0.4, 0.5) is 0 Å². The molecule has 0 aromatic heterocycles. The summed E-state index contributed by atoms with van der Waals surface area (Å²) in [7, 11) is 6.79. The summed E-state index contributed by atoms with van der Waals surface area (Å²) >= 11 is 0. The summed E-state index contributed by atoms with van der Waals surface area (Å²) in [5.74, 6) is 1.18. The number of nitrogens with zero attached hydrogens (tertiary/aromatic N) is 1. The summed E-state index contributed by atoms with van der Waals surface area (Å²) in [6.45, 7) is 3.30. The van der Waals surface area contributed by atoms with Crippen LogP contribution in [0, 0.1) is 6.92 Å². The highest BCUT2D eigenvalue weighted by Gasteiger charge is 2.17. The van der Waals surface area contributed by atoms with Crippen molar-refractivity contribution in [2.24, 2.45) is 0 Å². The van der Waals surface area contributed by atoms with Gasteiger partial charge in [0, 0.05) is 25.7 Å². The average Bonchev–Trinajstić information content (AvgIpc) is 2.43. The highest BCUT2D eigenvalue weighted by Crippen LogP contribution is 2.30. The Morgan fingerprint density at radius 2 is 1.84 bits per heavy atom. The molecule has 0 bridgehead atoms. The average molecular weight is 266 g/mol. The first-order valence-corrected chi connectivity index (χ1v) is 6.17. The molecule has 19 heavy (non-hydrogen) atoms. The lowest BCUT2D eigenvalue weighted by Gasteiger charge is -2.19. The molecule has 0 aliphatic carbocycles. The lowest BCUT2D eigenvalue weighted by Crippen LogP contribution is -2.33. The van der Waals surface area contributed by atoms with Crippen LogP contribution >= 0.6 is 0 Å². The molecule has 0 unspecified atom stereocenters. The Morgan fingerprint density at radius 1 is 1.26 bits per heavy atom. The van der Waals surface area contributed by atoms with Crippen molar-refractivity contribution in [2.75, 3.05) is 41.4 Å². The van der Waals surface area contributed by atoms with Gasteiger partial charge in [0.05, 0.1) is 14.2 Å². The molecular formula is C14H22N2O3. The number of hydrogen-bond donors (Lipinski definition) is 1. The van der Waals surface area contributed by atoms with E-state index in [1.165, 1.54) is 0 Å². The Balaban J connectivity index is 3.02. The van der Waals surface area contributed by atoms with Crippen molar-refractivity contribution >= 4 is 5.91 Å². The van der Waals surface area contributed by atoms with E-state index in [0.717, 1.165) is 12.1 Å². The lowest BCUT2D eigenvalue weighted by molar-refractivity contribution is 0.0795. The monoisotopic (exact) mass is 266 g/mol. The predicted molar refractivity (Wildman–Crippen MR) is 75.2 cm³/mol. The zero-order chi connectivity index (χ0) is 14.4. The van der Waals surface area contributed by atoms with Crippen molar-refractivity contribution in [3.63, 3.8) is 0 Å². The molecule has 0 atom stereocenters. The molecule has 0 aliphatic heterocycles. The van der Waals surface area contributed by atoms with E-state index in [4.69, 9.17) is 9.47 Å². The van der Waals surface area contributed by atoms with Gasteiger partial charge in [-0.2, -0.15) is 0 Å². The van der Waals surface area contributed by atoms with E-state index in [1.807, 2.05) is 20.0 Å². The largest absolute Gasteiger partial charge is 0.493 e. The Kier molecular flexibility index (Phi) is 5.63. The highest BCUT2D eigenvalue weighted by molar-refractivity contribution is 5.96. The van der Waals surface area contributed by atoms with Gasteiger partial charge in [-0.05, 0) is 31.7 Å². The van der Waals surface area contributed by atoms with Gasteiger partial charge in [0.1, 0.15) is 0 Å². The molecule has 1 aromatic rings. The van der Waals surface area contributed by atoms with Gasteiger partial charge < -0.3 is 19.7 Å². The second-order valence-corrected chi connectivity index (χ2v) is 4.35. The van der Waals surface area contributed by atoms with Crippen molar-refractivity contribution in [1.82, 2.24) is 10.2 Å². The third kappa shape index (κ3) is 3.61. The van der Waals surface area contributed by atoms with Crippen LogP contribution in [0.2, 0.25) is 0 Å². The number of nitrogens with one attached hydrogen (secondary N) is 1. The van der Waals surface area contributed by atoms with E-state index < -0.39 is 0 Å². The molecule has 1 rings (SSSR count). The first-order valence-electron chi connectivity index (χ1n) is 6.17. The maximum Gasteiger partial charge on any atom is 0.254 e. The van der Waals surface area contributed by atoms with Crippen molar-refractivity contribution in [1.29, 1.82) is 0 Å². The van der Waals surface area contributed by atoms with E-state index in [1.54, 1.807) is 32.2 Å². The number of methoxy groups -OCH3 is 2. The summed E-state index contributed by atoms with van der Waals surface area (Å²) in [4.78, 5) is 14.0. The number of likely N-dealkylation sites (N-methyl/N-ethyl adjacent to an activating group) is 2. The summed E-state index contributed by atoms with van der Waals surface area (Å²) < 4.78 is 10.5. The normalized spacial score (nSPS) is 10.2. The zero-order valence-electron chi connectivity index (χ0n) is 12.2. The Labute approximate surface area is 114 Å². The Hall–Kier alpha value is -1.75. The molecule has 1 N–H and O–H groups in total. The fraction of sp³-hybridized carbons (Fsp3) is 0.500. The minimum Gasteiger partial charge on any atom is -0.493 e. The van der Waals surface area contributed by atoms with Gasteiger partial charge in [0.2, 0.25) is 0 Å². The number of benzene rings is 1. The molecular weight excluding hydrogens is 244 g/mol. The number of rotatable bonds is 6. The summed E-state index contributed by atoms with van der Waals surface area (Å²) in [6, 6.07) is 3.55. The highest BCUT2D eigenvalue weighted by atomic mass is 16.5. The fourth-order valence-corrected chi connectivity index (χ4v) is 1.80. The molecule has 1 aromatic carbocycles. The molecule has 0 heterocycles. The molecule has 0 aliphatic rings. The van der Waals surface area contributed by atoms with Gasteiger partial charge in [-0.15, -0.1) is 0 Å². The predicted octanol–water partition coefficient (Wildman–Crippen LogP) is 1.30. The van der Waals surface area contributed by atoms with Gasteiger partial charge in [0.15, 0.2) is 11.5 Å². The van der Waals surface area contributed by atoms with Crippen molar-refractivity contribution in [3.05, 3.63) is 23.3 Å². The Bertz CT molecular complexity index is 447. The summed E-state index contributed by atoms with van der Waals surface area (Å²) in [5.41, 5.74) is 1.51. The van der Waals surface area contributed by atoms with Crippen LogP contribution in [-0.2, 0) is 0 Å². The zero-order valence-corrected chi connectivity index (χ0v) is 12.2. The first kappa shape index (κ1) is 15.3. The summed E-state index contributed by atoms with van der Waals surface area (Å²) in [6.07, 6.45) is 0. The van der Waals surface area contributed by atoms with E-state index in [9.17, 15) is 4.79 Å². The topological polar surface area (TPSA) is 50.8 Å². The van der Waals surface area contributed by atoms with E-state index in [0.29, 0.717) is 23.6 Å². The van der Waals surface area contributed by atoms with Crippen LogP contribution in [-0.4, -0.2) is 52.2 Å². The number of ether oxygens (including phenoxy) is 2. The smallest absolute Gasteiger partial charge is 0.254 e. The van der Waals surface area contributed by atoms with Gasteiger partial charge in [0.25, 0.3) is 5.91 Å². The molecule has 0 saturated carbocycles. The number of hydrogen-bond acceptors (Lipinski definition) is 4. The van der Waals surface area contributed by atoms with Gasteiger partial charge in [-0.1, -0.05) is 0 Å². The maximum absolute atomic E-state index is 12.3. The van der Waals surface area contributed by atoms with Gasteiger partial charge in [-0.3, -0.25) is 4.79 Å². The molecule has 0 saturated heterocycles. The third-order valence-electron chi connectivity index (χ3n) is 3.00. The minimum atomic E-state index is -0.0197. The van der Waals surface area contributed by atoms with Gasteiger partial charge in [-0.25, -0.2) is 0 Å². The van der Waals surface area contributed by atoms with Crippen LogP contribution in [0.1, 0.15) is 15.9 Å². The second-order valence-electron chi connectivity index (χ2n) is 4.35. The quantitative estimate of drug-likeness (QED) is 0.843. The van der Waals surface area contributed by atoms with E-state index in [2.05, 4.69) is 5.32 Å². The standard InChI is InChI=1S/C14H22N2O3/c1-10-8-12(18-4)13(19-5)9-11(10)14(17)16(3)7-6-15-2/h8-9,15H,6-7H2,1-5H3. The van der Waals surface area contributed by atoms with Gasteiger partial charge >= 0.3 is 0 Å². The van der Waals surface area contributed by atoms with E-state index >= 15 is 0 Å². The fourth-order valence-electron chi connectivity index (χ4n) is 1.80. The number of amides is 1.